The molecule has 86 valence electrons. The summed E-state index contributed by atoms with van der Waals surface area (Å²) >= 11 is 1.72. The van der Waals surface area contributed by atoms with E-state index in [1.54, 1.807) is 11.3 Å². The van der Waals surface area contributed by atoms with Crippen molar-refractivity contribution in [2.75, 3.05) is 0 Å². The molecule has 2 heterocycles. The minimum atomic E-state index is 0.0915. The maximum absolute atomic E-state index is 9.40. The number of hydrogen-bond acceptors (Lipinski definition) is 2. The summed E-state index contributed by atoms with van der Waals surface area (Å²) in [5, 5.41) is 11.5. The summed E-state index contributed by atoms with van der Waals surface area (Å²) in [4.78, 5) is 0. The van der Waals surface area contributed by atoms with Gasteiger partial charge in [0.05, 0.1) is 16.8 Å². The zero-order chi connectivity index (χ0) is 11.7. The monoisotopic (exact) mass is 243 g/mol. The Balaban J connectivity index is 2.06. The SMILES string of the molecule is OCc1cc2sccc2n1Cc1ccccc1. The molecule has 3 heteroatoms. The number of aliphatic hydroxyl groups excluding tert-OH is 1. The number of thiophene rings is 1. The molecule has 1 N–H and O–H groups in total. The molecule has 0 radical (unpaired) electrons. The van der Waals surface area contributed by atoms with Gasteiger partial charge in [-0.2, -0.15) is 0 Å². The maximum atomic E-state index is 9.40. The predicted octanol–water partition coefficient (Wildman–Crippen LogP) is 3.24. The largest absolute Gasteiger partial charge is 0.390 e. The molecule has 0 bridgehead atoms. The highest BCUT2D eigenvalue weighted by Gasteiger charge is 2.09. The van der Waals surface area contributed by atoms with E-state index in [4.69, 9.17) is 0 Å². The summed E-state index contributed by atoms with van der Waals surface area (Å²) in [6, 6.07) is 14.5. The van der Waals surface area contributed by atoms with Crippen molar-refractivity contribution < 1.29 is 5.11 Å². The van der Waals surface area contributed by atoms with Crippen LogP contribution >= 0.6 is 11.3 Å². The lowest BCUT2D eigenvalue weighted by Crippen LogP contribution is -2.03. The van der Waals surface area contributed by atoms with E-state index in [0.29, 0.717) is 0 Å². The third-order valence-corrected chi connectivity index (χ3v) is 3.81. The average molecular weight is 243 g/mol. The van der Waals surface area contributed by atoms with Crippen LogP contribution in [0.1, 0.15) is 11.3 Å². The lowest BCUT2D eigenvalue weighted by Gasteiger charge is -2.08. The normalized spacial score (nSPS) is 11.1. The molecule has 0 aliphatic carbocycles. The van der Waals surface area contributed by atoms with E-state index in [-0.39, 0.29) is 6.61 Å². The molecule has 0 spiro atoms. The van der Waals surface area contributed by atoms with E-state index in [1.165, 1.54) is 15.8 Å². The number of aliphatic hydroxyl groups is 1. The van der Waals surface area contributed by atoms with Crippen molar-refractivity contribution >= 4 is 21.6 Å². The summed E-state index contributed by atoms with van der Waals surface area (Å²) < 4.78 is 3.42. The Labute approximate surface area is 104 Å². The van der Waals surface area contributed by atoms with Crippen molar-refractivity contribution in [2.45, 2.75) is 13.2 Å². The predicted molar refractivity (Wildman–Crippen MR) is 71.3 cm³/mol. The van der Waals surface area contributed by atoms with Gasteiger partial charge in [-0.3, -0.25) is 0 Å². The van der Waals surface area contributed by atoms with Gasteiger partial charge in [0, 0.05) is 12.2 Å². The molecule has 0 aliphatic rings. The maximum Gasteiger partial charge on any atom is 0.0833 e. The second kappa shape index (κ2) is 4.35. The molecule has 2 aromatic heterocycles. The van der Waals surface area contributed by atoms with Crippen LogP contribution in [0.3, 0.4) is 0 Å². The first-order valence-electron chi connectivity index (χ1n) is 5.59. The second-order valence-electron chi connectivity index (χ2n) is 4.04. The molecule has 17 heavy (non-hydrogen) atoms. The topological polar surface area (TPSA) is 25.2 Å². The van der Waals surface area contributed by atoms with E-state index in [1.807, 2.05) is 18.2 Å². The van der Waals surface area contributed by atoms with Crippen LogP contribution in [0.25, 0.3) is 10.2 Å². The number of aromatic nitrogens is 1. The van der Waals surface area contributed by atoms with Crippen molar-refractivity contribution in [1.82, 2.24) is 4.57 Å². The Morgan fingerprint density at radius 2 is 1.94 bits per heavy atom. The van der Waals surface area contributed by atoms with E-state index < -0.39 is 0 Å². The summed E-state index contributed by atoms with van der Waals surface area (Å²) in [6.07, 6.45) is 0. The third-order valence-electron chi connectivity index (χ3n) is 2.95. The lowest BCUT2D eigenvalue weighted by molar-refractivity contribution is 0.272. The Hall–Kier alpha value is -1.58. The molecule has 3 aromatic rings. The van der Waals surface area contributed by atoms with Gasteiger partial charge in [0.15, 0.2) is 0 Å². The van der Waals surface area contributed by atoms with Crippen LogP contribution in [0, 0.1) is 0 Å². The van der Waals surface area contributed by atoms with Gasteiger partial charge in [0.2, 0.25) is 0 Å². The standard InChI is InChI=1S/C14H13NOS/c16-10-12-8-14-13(6-7-17-14)15(12)9-11-4-2-1-3-5-11/h1-8,16H,9-10H2. The molecule has 0 atom stereocenters. The molecule has 0 unspecified atom stereocenters. The molecule has 0 saturated carbocycles. The van der Waals surface area contributed by atoms with Crippen LogP contribution in [0.4, 0.5) is 0 Å². The van der Waals surface area contributed by atoms with E-state index in [0.717, 1.165) is 12.2 Å². The van der Waals surface area contributed by atoms with Crippen molar-refractivity contribution in [1.29, 1.82) is 0 Å². The Morgan fingerprint density at radius 3 is 2.71 bits per heavy atom. The first-order chi connectivity index (χ1) is 8.38. The minimum absolute atomic E-state index is 0.0915. The summed E-state index contributed by atoms with van der Waals surface area (Å²) in [7, 11) is 0. The second-order valence-corrected chi connectivity index (χ2v) is 4.98. The minimum Gasteiger partial charge on any atom is -0.390 e. The van der Waals surface area contributed by atoms with Gasteiger partial charge in [0.1, 0.15) is 0 Å². The summed E-state index contributed by atoms with van der Waals surface area (Å²) in [5.74, 6) is 0. The molecular formula is C14H13NOS. The van der Waals surface area contributed by atoms with Crippen molar-refractivity contribution in [3.63, 3.8) is 0 Å². The molecule has 3 rings (SSSR count). The summed E-state index contributed by atoms with van der Waals surface area (Å²) in [5.41, 5.74) is 3.45. The zero-order valence-corrected chi connectivity index (χ0v) is 10.2. The zero-order valence-electron chi connectivity index (χ0n) is 9.34. The number of hydrogen-bond donors (Lipinski definition) is 1. The van der Waals surface area contributed by atoms with Gasteiger partial charge in [-0.1, -0.05) is 30.3 Å². The van der Waals surface area contributed by atoms with Crippen LogP contribution in [-0.2, 0) is 13.2 Å². The van der Waals surface area contributed by atoms with Crippen molar-refractivity contribution in [3.8, 4) is 0 Å². The van der Waals surface area contributed by atoms with Gasteiger partial charge in [0.25, 0.3) is 0 Å². The molecule has 2 nitrogen and oxygen atoms in total. The first kappa shape index (κ1) is 10.6. The van der Waals surface area contributed by atoms with Crippen LogP contribution in [0.2, 0.25) is 0 Å². The highest BCUT2D eigenvalue weighted by molar-refractivity contribution is 7.17. The van der Waals surface area contributed by atoms with Crippen LogP contribution < -0.4 is 0 Å². The van der Waals surface area contributed by atoms with Crippen molar-refractivity contribution in [2.24, 2.45) is 0 Å². The van der Waals surface area contributed by atoms with E-state index in [2.05, 4.69) is 34.2 Å². The van der Waals surface area contributed by atoms with Crippen LogP contribution in [-0.4, -0.2) is 9.67 Å². The highest BCUT2D eigenvalue weighted by Crippen LogP contribution is 2.26. The molecule has 0 aliphatic heterocycles. The van der Waals surface area contributed by atoms with Gasteiger partial charge < -0.3 is 9.67 Å². The Kier molecular flexibility index (Phi) is 2.71. The molecule has 0 saturated heterocycles. The van der Waals surface area contributed by atoms with Crippen LogP contribution in [0.15, 0.2) is 47.8 Å². The first-order valence-corrected chi connectivity index (χ1v) is 6.47. The fourth-order valence-corrected chi connectivity index (χ4v) is 2.96. The number of nitrogens with zero attached hydrogens (tertiary/aromatic N) is 1. The van der Waals surface area contributed by atoms with E-state index >= 15 is 0 Å². The lowest BCUT2D eigenvalue weighted by atomic mass is 10.2. The Bertz CT molecular complexity index is 624. The third kappa shape index (κ3) is 1.88. The number of rotatable bonds is 3. The van der Waals surface area contributed by atoms with Crippen molar-refractivity contribution in [3.05, 3.63) is 59.1 Å². The van der Waals surface area contributed by atoms with E-state index in [9.17, 15) is 5.11 Å². The van der Waals surface area contributed by atoms with Gasteiger partial charge in [-0.15, -0.1) is 11.3 Å². The Morgan fingerprint density at radius 1 is 1.12 bits per heavy atom. The summed E-state index contributed by atoms with van der Waals surface area (Å²) in [6.45, 7) is 0.908. The van der Waals surface area contributed by atoms with Crippen LogP contribution in [0.5, 0.6) is 0 Å². The fraction of sp³-hybridized carbons (Fsp3) is 0.143. The van der Waals surface area contributed by atoms with Gasteiger partial charge in [-0.05, 0) is 23.1 Å². The fourth-order valence-electron chi connectivity index (χ4n) is 2.11. The average Bonchev–Trinajstić information content (AvgIpc) is 2.93. The molecule has 1 aromatic carbocycles. The van der Waals surface area contributed by atoms with Gasteiger partial charge in [-0.25, -0.2) is 0 Å². The smallest absolute Gasteiger partial charge is 0.0833 e. The van der Waals surface area contributed by atoms with Gasteiger partial charge >= 0.3 is 0 Å². The molecular weight excluding hydrogens is 230 g/mol. The quantitative estimate of drug-likeness (QED) is 0.750. The number of benzene rings is 1. The highest BCUT2D eigenvalue weighted by atomic mass is 32.1. The molecule has 0 amide bonds. The number of fused-ring (bicyclic) bond motifs is 1. The molecule has 0 fully saturated rings.